The van der Waals surface area contributed by atoms with Crippen molar-refractivity contribution in [3.8, 4) is 5.75 Å². The van der Waals surface area contributed by atoms with Crippen LogP contribution in [0.25, 0.3) is 0 Å². The Morgan fingerprint density at radius 2 is 1.82 bits per heavy atom. The third-order valence-electron chi connectivity index (χ3n) is 3.42. The van der Waals surface area contributed by atoms with Crippen LogP contribution in [0.5, 0.6) is 5.75 Å². The third-order valence-corrected chi connectivity index (χ3v) is 3.42. The van der Waals surface area contributed by atoms with Gasteiger partial charge in [0.25, 0.3) is 0 Å². The molecule has 1 aliphatic rings. The Balaban J connectivity index is 1.63. The molecule has 5 heteroatoms. The summed E-state index contributed by atoms with van der Waals surface area (Å²) in [5.74, 6) is 0.525. The van der Waals surface area contributed by atoms with E-state index in [-0.39, 0.29) is 0 Å². The number of amides is 1. The number of rotatable bonds is 3. The SMILES string of the molecule is O=C(Nc1ccccc1)Oc1cccc(N2CCOCC2)c1. The van der Waals surface area contributed by atoms with Crippen molar-refractivity contribution in [2.45, 2.75) is 0 Å². The standard InChI is InChI=1S/C17H18N2O3/c20-17(18-14-5-2-1-3-6-14)22-16-8-4-7-15(13-16)19-9-11-21-12-10-19/h1-8,13H,9-12H2,(H,18,20). The maximum atomic E-state index is 11.9. The van der Waals surface area contributed by atoms with Gasteiger partial charge in [-0.05, 0) is 24.3 Å². The van der Waals surface area contributed by atoms with Gasteiger partial charge in [-0.25, -0.2) is 4.79 Å². The van der Waals surface area contributed by atoms with Crippen LogP contribution < -0.4 is 15.0 Å². The third kappa shape index (κ3) is 3.77. The smallest absolute Gasteiger partial charge is 0.410 e. The summed E-state index contributed by atoms with van der Waals surface area (Å²) in [6.45, 7) is 3.14. The molecule has 0 aliphatic carbocycles. The maximum Gasteiger partial charge on any atom is 0.417 e. The molecule has 0 radical (unpaired) electrons. The Bertz CT molecular complexity index is 625. The molecule has 1 amide bonds. The molecule has 3 rings (SSSR count). The average Bonchev–Trinajstić information content (AvgIpc) is 2.57. The van der Waals surface area contributed by atoms with Gasteiger partial charge in [0.2, 0.25) is 0 Å². The van der Waals surface area contributed by atoms with E-state index in [1.54, 1.807) is 6.07 Å². The first-order valence-corrected chi connectivity index (χ1v) is 7.28. The number of hydrogen-bond donors (Lipinski definition) is 1. The summed E-state index contributed by atoms with van der Waals surface area (Å²) in [5, 5.41) is 2.69. The van der Waals surface area contributed by atoms with Crippen molar-refractivity contribution in [1.82, 2.24) is 0 Å². The molecule has 1 heterocycles. The zero-order chi connectivity index (χ0) is 15.2. The Morgan fingerprint density at radius 3 is 2.59 bits per heavy atom. The van der Waals surface area contributed by atoms with Gasteiger partial charge in [-0.15, -0.1) is 0 Å². The van der Waals surface area contributed by atoms with Crippen LogP contribution in [0.3, 0.4) is 0 Å². The van der Waals surface area contributed by atoms with E-state index >= 15 is 0 Å². The number of carbonyl (C=O) groups excluding carboxylic acids is 1. The molecule has 1 saturated heterocycles. The van der Waals surface area contributed by atoms with E-state index in [1.165, 1.54) is 0 Å². The molecule has 114 valence electrons. The minimum absolute atomic E-state index is 0.495. The zero-order valence-corrected chi connectivity index (χ0v) is 12.2. The Morgan fingerprint density at radius 1 is 1.05 bits per heavy atom. The van der Waals surface area contributed by atoms with E-state index in [0.717, 1.165) is 32.0 Å². The first-order valence-electron chi connectivity index (χ1n) is 7.28. The molecule has 5 nitrogen and oxygen atoms in total. The van der Waals surface area contributed by atoms with E-state index in [4.69, 9.17) is 9.47 Å². The fourth-order valence-electron chi connectivity index (χ4n) is 2.34. The number of ether oxygens (including phenoxy) is 2. The number of morpholine rings is 1. The molecule has 0 spiro atoms. The molecule has 1 fully saturated rings. The minimum atomic E-state index is -0.495. The van der Waals surface area contributed by atoms with Gasteiger partial charge in [0.15, 0.2) is 0 Å². The second kappa shape index (κ2) is 6.95. The molecule has 1 N–H and O–H groups in total. The number of hydrogen-bond acceptors (Lipinski definition) is 4. The number of nitrogens with zero attached hydrogens (tertiary/aromatic N) is 1. The number of anilines is 2. The summed E-state index contributed by atoms with van der Waals surface area (Å²) in [4.78, 5) is 14.1. The predicted molar refractivity (Wildman–Crippen MR) is 85.6 cm³/mol. The lowest BCUT2D eigenvalue weighted by atomic mass is 10.2. The van der Waals surface area contributed by atoms with Gasteiger partial charge in [-0.1, -0.05) is 24.3 Å². The van der Waals surface area contributed by atoms with Crippen molar-refractivity contribution in [1.29, 1.82) is 0 Å². The summed E-state index contributed by atoms with van der Waals surface area (Å²) < 4.78 is 10.7. The highest BCUT2D eigenvalue weighted by Crippen LogP contribution is 2.22. The van der Waals surface area contributed by atoms with Gasteiger partial charge in [-0.3, -0.25) is 5.32 Å². The summed E-state index contributed by atoms with van der Waals surface area (Å²) in [6.07, 6.45) is -0.495. The van der Waals surface area contributed by atoms with E-state index in [0.29, 0.717) is 11.4 Å². The fourth-order valence-corrected chi connectivity index (χ4v) is 2.34. The van der Waals surface area contributed by atoms with Gasteiger partial charge in [0.1, 0.15) is 5.75 Å². The quantitative estimate of drug-likeness (QED) is 0.946. The number of nitrogens with one attached hydrogen (secondary N) is 1. The van der Waals surface area contributed by atoms with Crippen LogP contribution >= 0.6 is 0 Å². The number of benzene rings is 2. The lowest BCUT2D eigenvalue weighted by Gasteiger charge is -2.29. The van der Waals surface area contributed by atoms with Gasteiger partial charge in [0, 0.05) is 30.5 Å². The molecular weight excluding hydrogens is 280 g/mol. The van der Waals surface area contributed by atoms with Gasteiger partial charge in [0.05, 0.1) is 13.2 Å². The number of para-hydroxylation sites is 1. The molecule has 2 aromatic carbocycles. The normalized spacial score (nSPS) is 14.5. The van der Waals surface area contributed by atoms with Crippen molar-refractivity contribution < 1.29 is 14.3 Å². The fraction of sp³-hybridized carbons (Fsp3) is 0.235. The highest BCUT2D eigenvalue weighted by Gasteiger charge is 2.12. The molecule has 22 heavy (non-hydrogen) atoms. The monoisotopic (exact) mass is 298 g/mol. The number of carbonyl (C=O) groups is 1. The highest BCUT2D eigenvalue weighted by molar-refractivity contribution is 5.86. The van der Waals surface area contributed by atoms with Crippen molar-refractivity contribution in [2.75, 3.05) is 36.5 Å². The predicted octanol–water partition coefficient (Wildman–Crippen LogP) is 3.13. The lowest BCUT2D eigenvalue weighted by molar-refractivity contribution is 0.122. The van der Waals surface area contributed by atoms with Gasteiger partial charge < -0.3 is 14.4 Å². The first kappa shape index (κ1) is 14.4. The van der Waals surface area contributed by atoms with Crippen molar-refractivity contribution in [3.63, 3.8) is 0 Å². The van der Waals surface area contributed by atoms with E-state index in [1.807, 2.05) is 48.5 Å². The Kier molecular flexibility index (Phi) is 4.56. The highest BCUT2D eigenvalue weighted by atomic mass is 16.6. The Labute approximate surface area is 129 Å². The molecule has 0 saturated carbocycles. The van der Waals surface area contributed by atoms with E-state index in [9.17, 15) is 4.79 Å². The van der Waals surface area contributed by atoms with Crippen molar-refractivity contribution in [3.05, 3.63) is 54.6 Å². The van der Waals surface area contributed by atoms with Gasteiger partial charge >= 0.3 is 6.09 Å². The Hall–Kier alpha value is -2.53. The molecule has 2 aromatic rings. The van der Waals surface area contributed by atoms with Crippen LogP contribution in [0, 0.1) is 0 Å². The molecule has 1 aliphatic heterocycles. The van der Waals surface area contributed by atoms with Crippen molar-refractivity contribution >= 4 is 17.5 Å². The van der Waals surface area contributed by atoms with Crippen LogP contribution in [0.1, 0.15) is 0 Å². The average molecular weight is 298 g/mol. The molecular formula is C17H18N2O3. The first-order chi connectivity index (χ1) is 10.8. The molecule has 0 aromatic heterocycles. The van der Waals surface area contributed by atoms with Crippen LogP contribution in [0.2, 0.25) is 0 Å². The van der Waals surface area contributed by atoms with Crippen LogP contribution in [-0.4, -0.2) is 32.4 Å². The molecule has 0 unspecified atom stereocenters. The summed E-state index contributed by atoms with van der Waals surface area (Å²) in [7, 11) is 0. The van der Waals surface area contributed by atoms with Crippen LogP contribution in [0.15, 0.2) is 54.6 Å². The summed E-state index contributed by atoms with van der Waals surface area (Å²) in [5.41, 5.74) is 1.74. The topological polar surface area (TPSA) is 50.8 Å². The van der Waals surface area contributed by atoms with Crippen molar-refractivity contribution in [2.24, 2.45) is 0 Å². The second-order valence-electron chi connectivity index (χ2n) is 4.98. The van der Waals surface area contributed by atoms with Crippen LogP contribution in [-0.2, 0) is 4.74 Å². The second-order valence-corrected chi connectivity index (χ2v) is 4.98. The zero-order valence-electron chi connectivity index (χ0n) is 12.2. The maximum absolute atomic E-state index is 11.9. The van der Waals surface area contributed by atoms with Crippen LogP contribution in [0.4, 0.5) is 16.2 Å². The summed E-state index contributed by atoms with van der Waals surface area (Å²) >= 11 is 0. The largest absolute Gasteiger partial charge is 0.417 e. The van der Waals surface area contributed by atoms with E-state index in [2.05, 4.69) is 10.2 Å². The van der Waals surface area contributed by atoms with E-state index < -0.39 is 6.09 Å². The minimum Gasteiger partial charge on any atom is -0.410 e. The summed E-state index contributed by atoms with van der Waals surface area (Å²) in [6, 6.07) is 16.8. The molecule has 0 bridgehead atoms. The van der Waals surface area contributed by atoms with Gasteiger partial charge in [-0.2, -0.15) is 0 Å². The molecule has 0 atom stereocenters. The lowest BCUT2D eigenvalue weighted by Crippen LogP contribution is -2.36.